The number of carboxylic acid groups (broad SMARTS) is 1. The predicted octanol–water partition coefficient (Wildman–Crippen LogP) is 1.96. The number of ether oxygens (including phenoxy) is 1. The fourth-order valence-corrected chi connectivity index (χ4v) is 3.06. The van der Waals surface area contributed by atoms with Crippen LogP contribution in [0, 0.1) is 0 Å². The second-order valence-electron chi connectivity index (χ2n) is 5.58. The molecule has 0 saturated carbocycles. The second kappa shape index (κ2) is 9.15. The molecule has 27 heavy (non-hydrogen) atoms. The van der Waals surface area contributed by atoms with Crippen molar-refractivity contribution < 1.29 is 29.3 Å². The zero-order valence-electron chi connectivity index (χ0n) is 14.8. The number of amides is 2. The maximum Gasteiger partial charge on any atom is 0.328 e. The number of carbonyl (C=O) groups excluding carboxylic acids is 2. The first kappa shape index (κ1) is 20.4. The number of hydrogen-bond acceptors (Lipinski definition) is 6. The Balaban J connectivity index is 2.18. The molecule has 2 atom stereocenters. The van der Waals surface area contributed by atoms with Crippen LogP contribution in [0.5, 0.6) is 5.75 Å². The molecule has 1 aromatic carbocycles. The van der Waals surface area contributed by atoms with Gasteiger partial charge >= 0.3 is 5.97 Å². The van der Waals surface area contributed by atoms with Gasteiger partial charge in [0.1, 0.15) is 10.6 Å². The van der Waals surface area contributed by atoms with E-state index in [1.807, 2.05) is 0 Å². The third kappa shape index (κ3) is 5.05. The standard InChI is InChI=1S/C18H20N2O6S/c1-3-26-13-7-5-4-6-11(13)16(22)19-12-8-9-27-15(12)17(23)20-14(10(2)21)18(24)25/h4-10,14,21H,3H2,1-2H3,(H,19,22)(H,20,23)(H,24,25)/t10-,14+/m1/s1. The number of aliphatic hydroxyl groups excluding tert-OH is 1. The van der Waals surface area contributed by atoms with E-state index in [0.717, 1.165) is 11.3 Å². The molecular weight excluding hydrogens is 372 g/mol. The molecule has 0 unspecified atom stereocenters. The number of rotatable bonds is 8. The van der Waals surface area contributed by atoms with Crippen LogP contribution in [-0.2, 0) is 4.79 Å². The number of carboxylic acids is 1. The Morgan fingerprint density at radius 3 is 2.52 bits per heavy atom. The van der Waals surface area contributed by atoms with Gasteiger partial charge in [-0.05, 0) is 37.4 Å². The van der Waals surface area contributed by atoms with Gasteiger partial charge in [-0.15, -0.1) is 11.3 Å². The highest BCUT2D eigenvalue weighted by Gasteiger charge is 2.27. The Morgan fingerprint density at radius 1 is 1.19 bits per heavy atom. The van der Waals surface area contributed by atoms with E-state index in [1.54, 1.807) is 42.6 Å². The zero-order valence-corrected chi connectivity index (χ0v) is 15.6. The molecule has 0 radical (unpaired) electrons. The number of anilines is 1. The molecule has 144 valence electrons. The fraction of sp³-hybridized carbons (Fsp3) is 0.278. The summed E-state index contributed by atoms with van der Waals surface area (Å²) in [6, 6.07) is 6.78. The molecule has 0 bridgehead atoms. The molecule has 0 aliphatic carbocycles. The SMILES string of the molecule is CCOc1ccccc1C(=O)Nc1ccsc1C(=O)N[C@H](C(=O)O)[C@@H](C)O. The topological polar surface area (TPSA) is 125 Å². The lowest BCUT2D eigenvalue weighted by atomic mass is 10.1. The van der Waals surface area contributed by atoms with Crippen molar-refractivity contribution >= 4 is 34.8 Å². The third-order valence-electron chi connectivity index (χ3n) is 3.59. The van der Waals surface area contributed by atoms with Crippen LogP contribution in [0.4, 0.5) is 5.69 Å². The molecule has 9 heteroatoms. The van der Waals surface area contributed by atoms with Crippen molar-refractivity contribution in [2.45, 2.75) is 26.0 Å². The van der Waals surface area contributed by atoms with Crippen molar-refractivity contribution in [3.8, 4) is 5.75 Å². The van der Waals surface area contributed by atoms with E-state index < -0.39 is 29.9 Å². The van der Waals surface area contributed by atoms with E-state index in [2.05, 4.69) is 10.6 Å². The lowest BCUT2D eigenvalue weighted by molar-refractivity contribution is -0.141. The van der Waals surface area contributed by atoms with Crippen LogP contribution in [0.2, 0.25) is 0 Å². The number of aliphatic carboxylic acids is 1. The predicted molar refractivity (Wildman–Crippen MR) is 100 cm³/mol. The van der Waals surface area contributed by atoms with Crippen LogP contribution in [0.3, 0.4) is 0 Å². The van der Waals surface area contributed by atoms with Crippen LogP contribution in [0.25, 0.3) is 0 Å². The van der Waals surface area contributed by atoms with Crippen LogP contribution in [-0.4, -0.2) is 46.7 Å². The van der Waals surface area contributed by atoms with Crippen LogP contribution in [0.1, 0.15) is 33.9 Å². The minimum atomic E-state index is -1.46. The first-order valence-corrected chi connectivity index (χ1v) is 9.05. The minimum absolute atomic E-state index is 0.129. The number of aliphatic hydroxyl groups is 1. The van der Waals surface area contributed by atoms with Crippen molar-refractivity contribution in [3.63, 3.8) is 0 Å². The van der Waals surface area contributed by atoms with E-state index >= 15 is 0 Å². The normalized spacial score (nSPS) is 12.7. The van der Waals surface area contributed by atoms with Gasteiger partial charge in [0.2, 0.25) is 0 Å². The van der Waals surface area contributed by atoms with Gasteiger partial charge in [-0.2, -0.15) is 0 Å². The molecule has 2 rings (SSSR count). The molecule has 0 aliphatic heterocycles. The molecule has 0 fully saturated rings. The van der Waals surface area contributed by atoms with Crippen molar-refractivity contribution in [1.82, 2.24) is 5.32 Å². The maximum absolute atomic E-state index is 12.6. The van der Waals surface area contributed by atoms with Crippen LogP contribution < -0.4 is 15.4 Å². The second-order valence-corrected chi connectivity index (χ2v) is 6.49. The Bertz CT molecular complexity index is 833. The molecule has 2 amide bonds. The Morgan fingerprint density at radius 2 is 1.89 bits per heavy atom. The minimum Gasteiger partial charge on any atom is -0.493 e. The highest BCUT2D eigenvalue weighted by Crippen LogP contribution is 2.25. The highest BCUT2D eigenvalue weighted by molar-refractivity contribution is 7.12. The number of nitrogens with one attached hydrogen (secondary N) is 2. The Kier molecular flexibility index (Phi) is 6.91. The van der Waals surface area contributed by atoms with Gasteiger partial charge in [-0.25, -0.2) is 4.79 Å². The maximum atomic E-state index is 12.6. The van der Waals surface area contributed by atoms with Gasteiger partial charge in [0, 0.05) is 0 Å². The van der Waals surface area contributed by atoms with Gasteiger partial charge < -0.3 is 25.6 Å². The molecule has 0 spiro atoms. The lowest BCUT2D eigenvalue weighted by Gasteiger charge is -2.17. The summed E-state index contributed by atoms with van der Waals surface area (Å²) in [4.78, 5) is 36.2. The quantitative estimate of drug-likeness (QED) is 0.544. The number of para-hydroxylation sites is 1. The first-order chi connectivity index (χ1) is 12.8. The molecular formula is C18H20N2O6S. The number of carbonyl (C=O) groups is 3. The monoisotopic (exact) mass is 392 g/mol. The van der Waals surface area contributed by atoms with Gasteiger partial charge in [0.25, 0.3) is 11.8 Å². The molecule has 4 N–H and O–H groups in total. The van der Waals surface area contributed by atoms with Gasteiger partial charge in [-0.1, -0.05) is 12.1 Å². The molecule has 8 nitrogen and oxygen atoms in total. The van der Waals surface area contributed by atoms with Crippen molar-refractivity contribution in [1.29, 1.82) is 0 Å². The van der Waals surface area contributed by atoms with Crippen molar-refractivity contribution in [3.05, 3.63) is 46.2 Å². The third-order valence-corrected chi connectivity index (χ3v) is 4.50. The van der Waals surface area contributed by atoms with E-state index in [4.69, 9.17) is 9.84 Å². The lowest BCUT2D eigenvalue weighted by Crippen LogP contribution is -2.47. The highest BCUT2D eigenvalue weighted by atomic mass is 32.1. The van der Waals surface area contributed by atoms with Crippen molar-refractivity contribution in [2.24, 2.45) is 0 Å². The number of thiophene rings is 1. The zero-order chi connectivity index (χ0) is 20.0. The average molecular weight is 392 g/mol. The summed E-state index contributed by atoms with van der Waals surface area (Å²) in [5.74, 6) is -2.10. The van der Waals surface area contributed by atoms with Crippen LogP contribution >= 0.6 is 11.3 Å². The summed E-state index contributed by atoms with van der Waals surface area (Å²) < 4.78 is 5.43. The Hall–Kier alpha value is -2.91. The summed E-state index contributed by atoms with van der Waals surface area (Å²) in [5.41, 5.74) is 0.549. The molecule has 2 aromatic rings. The van der Waals surface area contributed by atoms with E-state index in [1.165, 1.54) is 6.92 Å². The van der Waals surface area contributed by atoms with Crippen molar-refractivity contribution in [2.75, 3.05) is 11.9 Å². The Labute approximate surface area is 159 Å². The summed E-state index contributed by atoms with van der Waals surface area (Å²) in [6.45, 7) is 3.46. The van der Waals surface area contributed by atoms with Gasteiger partial charge in [0.05, 0.1) is 24.0 Å². The van der Waals surface area contributed by atoms with Gasteiger partial charge in [0.15, 0.2) is 6.04 Å². The number of hydrogen-bond donors (Lipinski definition) is 4. The average Bonchev–Trinajstić information content (AvgIpc) is 3.07. The van der Waals surface area contributed by atoms with Gasteiger partial charge in [-0.3, -0.25) is 9.59 Å². The van der Waals surface area contributed by atoms with Crippen LogP contribution in [0.15, 0.2) is 35.7 Å². The molecule has 1 aromatic heterocycles. The smallest absolute Gasteiger partial charge is 0.328 e. The first-order valence-electron chi connectivity index (χ1n) is 8.17. The summed E-state index contributed by atoms with van der Waals surface area (Å²) in [7, 11) is 0. The largest absolute Gasteiger partial charge is 0.493 e. The molecule has 0 aliphatic rings. The molecule has 1 heterocycles. The van der Waals surface area contributed by atoms with E-state index in [0.29, 0.717) is 17.9 Å². The summed E-state index contributed by atoms with van der Waals surface area (Å²) >= 11 is 1.04. The van der Waals surface area contributed by atoms with E-state index in [9.17, 15) is 19.5 Å². The summed E-state index contributed by atoms with van der Waals surface area (Å²) in [5, 5.41) is 25.1. The fourth-order valence-electron chi connectivity index (χ4n) is 2.30. The van der Waals surface area contributed by atoms with E-state index in [-0.39, 0.29) is 10.6 Å². The molecule has 0 saturated heterocycles. The summed E-state index contributed by atoms with van der Waals surface area (Å²) in [6.07, 6.45) is -1.28. The number of benzene rings is 1.